The molecule has 0 bridgehead atoms. The zero-order valence-electron chi connectivity index (χ0n) is 16.0. The van der Waals surface area contributed by atoms with Crippen LogP contribution in [0.15, 0.2) is 24.3 Å². The number of aromatic nitrogens is 2. The second-order valence-corrected chi connectivity index (χ2v) is 8.48. The molecule has 1 aromatic carbocycles. The Morgan fingerprint density at radius 1 is 1.11 bits per heavy atom. The van der Waals surface area contributed by atoms with Gasteiger partial charge in [0.15, 0.2) is 0 Å². The Labute approximate surface area is 163 Å². The lowest BCUT2D eigenvalue weighted by Crippen LogP contribution is -3.13. The lowest BCUT2D eigenvalue weighted by atomic mass is 10.1. The van der Waals surface area contributed by atoms with Crippen LogP contribution < -0.4 is 9.80 Å². The smallest absolute Gasteiger partial charge is 0.141 e. The molecule has 3 aromatic rings. The first-order valence-corrected chi connectivity index (χ1v) is 10.2. The molecule has 27 heavy (non-hydrogen) atoms. The molecular weight excluding hydrogens is 354 g/mol. The average Bonchev–Trinajstić information content (AvgIpc) is 2.96. The molecule has 1 N–H and O–H groups in total. The Bertz CT molecular complexity index is 1010. The molecule has 6 heteroatoms. The summed E-state index contributed by atoms with van der Waals surface area (Å²) in [6.07, 6.45) is 0. The Balaban J connectivity index is 1.49. The molecule has 0 radical (unpaired) electrons. The van der Waals surface area contributed by atoms with Crippen molar-refractivity contribution in [2.45, 2.75) is 27.3 Å². The van der Waals surface area contributed by atoms with Crippen LogP contribution in [-0.2, 0) is 6.54 Å². The highest BCUT2D eigenvalue weighted by molar-refractivity contribution is 7.18. The Hall–Kier alpha value is -2.49. The number of hydrogen-bond acceptors (Lipinski definition) is 5. The molecule has 1 saturated heterocycles. The Kier molecular flexibility index (Phi) is 4.81. The average molecular weight is 379 g/mol. The third-order valence-corrected chi connectivity index (χ3v) is 6.53. The van der Waals surface area contributed by atoms with E-state index in [1.807, 2.05) is 19.1 Å². The highest BCUT2D eigenvalue weighted by Gasteiger charge is 2.24. The van der Waals surface area contributed by atoms with Gasteiger partial charge in [0.1, 0.15) is 23.0 Å². The normalized spacial score (nSPS) is 15.3. The predicted octanol–water partition coefficient (Wildman–Crippen LogP) is 2.39. The molecule has 1 aliphatic heterocycles. The quantitative estimate of drug-likeness (QED) is 0.760. The van der Waals surface area contributed by atoms with E-state index in [4.69, 9.17) is 10.2 Å². The van der Waals surface area contributed by atoms with E-state index >= 15 is 0 Å². The van der Waals surface area contributed by atoms with Crippen molar-refractivity contribution < 1.29 is 4.90 Å². The summed E-state index contributed by atoms with van der Waals surface area (Å²) in [6, 6.07) is 10.2. The molecule has 2 aromatic heterocycles. The molecular formula is C21H24N5S+. The van der Waals surface area contributed by atoms with Crippen LogP contribution in [0.5, 0.6) is 0 Å². The van der Waals surface area contributed by atoms with Crippen LogP contribution in [0, 0.1) is 32.1 Å². The van der Waals surface area contributed by atoms with Crippen LogP contribution in [0.2, 0.25) is 0 Å². The van der Waals surface area contributed by atoms with E-state index in [0.717, 1.165) is 54.8 Å². The zero-order valence-corrected chi connectivity index (χ0v) is 16.9. The van der Waals surface area contributed by atoms with Gasteiger partial charge in [-0.1, -0.05) is 12.1 Å². The van der Waals surface area contributed by atoms with Crippen molar-refractivity contribution in [3.8, 4) is 6.07 Å². The molecule has 3 heterocycles. The molecule has 1 aliphatic rings. The number of piperazine rings is 1. The second kappa shape index (κ2) is 7.26. The number of anilines is 1. The van der Waals surface area contributed by atoms with Gasteiger partial charge in [0.25, 0.3) is 0 Å². The zero-order chi connectivity index (χ0) is 19.0. The van der Waals surface area contributed by atoms with E-state index in [-0.39, 0.29) is 0 Å². The maximum absolute atomic E-state index is 8.93. The number of nitriles is 1. The first kappa shape index (κ1) is 17.9. The number of quaternary nitrogens is 1. The van der Waals surface area contributed by atoms with Gasteiger partial charge in [0, 0.05) is 10.4 Å². The number of aryl methyl sites for hydroxylation is 3. The first-order chi connectivity index (χ1) is 13.0. The minimum absolute atomic E-state index is 0.725. The van der Waals surface area contributed by atoms with E-state index in [1.165, 1.54) is 21.4 Å². The van der Waals surface area contributed by atoms with Crippen molar-refractivity contribution >= 4 is 27.4 Å². The van der Waals surface area contributed by atoms with E-state index in [1.54, 1.807) is 16.2 Å². The number of rotatable bonds is 3. The van der Waals surface area contributed by atoms with Gasteiger partial charge in [-0.2, -0.15) is 5.26 Å². The third-order valence-electron chi connectivity index (χ3n) is 5.43. The van der Waals surface area contributed by atoms with Gasteiger partial charge in [-0.25, -0.2) is 9.97 Å². The van der Waals surface area contributed by atoms with Crippen LogP contribution in [0.25, 0.3) is 10.2 Å². The van der Waals surface area contributed by atoms with Gasteiger partial charge < -0.3 is 9.80 Å². The molecule has 4 rings (SSSR count). The predicted molar refractivity (Wildman–Crippen MR) is 109 cm³/mol. The second-order valence-electron chi connectivity index (χ2n) is 7.28. The Morgan fingerprint density at radius 2 is 1.81 bits per heavy atom. The third kappa shape index (κ3) is 3.53. The van der Waals surface area contributed by atoms with Crippen LogP contribution in [0.3, 0.4) is 0 Å². The van der Waals surface area contributed by atoms with Gasteiger partial charge in [0.2, 0.25) is 0 Å². The molecule has 0 aliphatic carbocycles. The van der Waals surface area contributed by atoms with E-state index in [0.29, 0.717) is 0 Å². The molecule has 1 fully saturated rings. The van der Waals surface area contributed by atoms with Crippen LogP contribution >= 0.6 is 11.3 Å². The maximum atomic E-state index is 8.93. The summed E-state index contributed by atoms with van der Waals surface area (Å²) < 4.78 is 0. The highest BCUT2D eigenvalue weighted by Crippen LogP contribution is 2.34. The summed E-state index contributed by atoms with van der Waals surface area (Å²) in [6.45, 7) is 11.5. The van der Waals surface area contributed by atoms with Gasteiger partial charge in [-0.15, -0.1) is 11.3 Å². The summed E-state index contributed by atoms with van der Waals surface area (Å²) in [5, 5.41) is 10.2. The maximum Gasteiger partial charge on any atom is 0.141 e. The molecule has 0 spiro atoms. The summed E-state index contributed by atoms with van der Waals surface area (Å²) in [7, 11) is 0. The molecule has 0 saturated carbocycles. The van der Waals surface area contributed by atoms with Crippen LogP contribution in [-0.4, -0.2) is 36.1 Å². The summed E-state index contributed by atoms with van der Waals surface area (Å²) in [4.78, 5) is 15.9. The summed E-state index contributed by atoms with van der Waals surface area (Å²) >= 11 is 1.77. The van der Waals surface area contributed by atoms with Crippen molar-refractivity contribution in [2.75, 3.05) is 31.1 Å². The minimum Gasteiger partial charge on any atom is -0.345 e. The summed E-state index contributed by atoms with van der Waals surface area (Å²) in [5.41, 5.74) is 3.34. The fourth-order valence-electron chi connectivity index (χ4n) is 3.76. The summed E-state index contributed by atoms with van der Waals surface area (Å²) in [5.74, 6) is 1.96. The number of thiophene rings is 1. The van der Waals surface area contributed by atoms with Gasteiger partial charge in [-0.05, 0) is 38.5 Å². The number of fused-ring (bicyclic) bond motifs is 1. The Morgan fingerprint density at radius 3 is 2.48 bits per heavy atom. The topological polar surface area (TPSA) is 57.2 Å². The number of nitrogens with zero attached hydrogens (tertiary/aromatic N) is 4. The largest absolute Gasteiger partial charge is 0.345 e. The van der Waals surface area contributed by atoms with Crippen molar-refractivity contribution in [3.05, 3.63) is 51.7 Å². The van der Waals surface area contributed by atoms with Crippen molar-refractivity contribution in [3.63, 3.8) is 0 Å². The molecule has 138 valence electrons. The monoisotopic (exact) mass is 378 g/mol. The molecule has 5 nitrogen and oxygen atoms in total. The van der Waals surface area contributed by atoms with Crippen LogP contribution in [0.4, 0.5) is 5.82 Å². The standard InChI is InChI=1S/C21H23N5S/c1-14-15(2)27-21-19(14)20(23-16(3)24-21)26-10-8-25(9-11-26)13-18-6-4-17(12-22)5-7-18/h4-7H,8-11,13H2,1-3H3/p+1. The van der Waals surface area contributed by atoms with E-state index < -0.39 is 0 Å². The fraction of sp³-hybridized carbons (Fsp3) is 0.381. The van der Waals surface area contributed by atoms with E-state index in [9.17, 15) is 0 Å². The van der Waals surface area contributed by atoms with Gasteiger partial charge in [0.05, 0.1) is 43.2 Å². The fourth-order valence-corrected chi connectivity index (χ4v) is 4.83. The first-order valence-electron chi connectivity index (χ1n) is 9.37. The molecule has 0 atom stereocenters. The number of benzene rings is 1. The van der Waals surface area contributed by atoms with E-state index in [2.05, 4.69) is 41.9 Å². The van der Waals surface area contributed by atoms with Crippen LogP contribution in [0.1, 0.15) is 27.4 Å². The number of nitrogens with one attached hydrogen (secondary N) is 1. The van der Waals surface area contributed by atoms with Crippen molar-refractivity contribution in [2.24, 2.45) is 0 Å². The van der Waals surface area contributed by atoms with Crippen molar-refractivity contribution in [1.29, 1.82) is 5.26 Å². The van der Waals surface area contributed by atoms with Gasteiger partial charge in [-0.3, -0.25) is 0 Å². The highest BCUT2D eigenvalue weighted by atomic mass is 32.1. The van der Waals surface area contributed by atoms with Gasteiger partial charge >= 0.3 is 0 Å². The minimum atomic E-state index is 0.725. The lowest BCUT2D eigenvalue weighted by Gasteiger charge is -2.33. The lowest BCUT2D eigenvalue weighted by molar-refractivity contribution is -0.914. The number of hydrogen-bond donors (Lipinski definition) is 1. The van der Waals surface area contributed by atoms with Crippen molar-refractivity contribution in [1.82, 2.24) is 9.97 Å². The SMILES string of the molecule is Cc1nc(N2CC[NH+](Cc3ccc(C#N)cc3)CC2)c2c(C)c(C)sc2n1. The molecule has 0 amide bonds. The molecule has 0 unspecified atom stereocenters.